The van der Waals surface area contributed by atoms with Crippen molar-refractivity contribution < 1.29 is 19.1 Å². The zero-order chi connectivity index (χ0) is 26.9. The van der Waals surface area contributed by atoms with Crippen molar-refractivity contribution in [3.63, 3.8) is 0 Å². The molecule has 0 saturated heterocycles. The van der Waals surface area contributed by atoms with Crippen molar-refractivity contribution in [2.75, 3.05) is 24.3 Å². The summed E-state index contributed by atoms with van der Waals surface area (Å²) in [6.45, 7) is 0. The molecule has 2 N–H and O–H groups in total. The largest absolute Gasteiger partial charge is 0.478 e. The number of hydrogen-bond donors (Lipinski definition) is 2. The quantitative estimate of drug-likeness (QED) is 0.332. The van der Waals surface area contributed by atoms with Gasteiger partial charge in [0.2, 0.25) is 5.91 Å². The van der Waals surface area contributed by atoms with Gasteiger partial charge >= 0.3 is 5.97 Å². The van der Waals surface area contributed by atoms with Crippen LogP contribution in [0.3, 0.4) is 0 Å². The van der Waals surface area contributed by atoms with E-state index in [4.69, 9.17) is 5.11 Å². The number of halogens is 1. The second-order valence-corrected chi connectivity index (χ2v) is 11.0. The van der Waals surface area contributed by atoms with E-state index in [0.717, 1.165) is 48.6 Å². The molecule has 0 spiro atoms. The summed E-state index contributed by atoms with van der Waals surface area (Å²) < 4.78 is 15.4. The Morgan fingerprint density at radius 3 is 2.53 bits per heavy atom. The number of anilines is 2. The molecule has 0 heterocycles. The molecular formula is C32H33FN2O3. The van der Waals surface area contributed by atoms with Crippen LogP contribution in [0.2, 0.25) is 0 Å². The van der Waals surface area contributed by atoms with Crippen molar-refractivity contribution >= 4 is 29.3 Å². The predicted molar refractivity (Wildman–Crippen MR) is 149 cm³/mol. The van der Waals surface area contributed by atoms with Gasteiger partial charge in [0.25, 0.3) is 0 Å². The van der Waals surface area contributed by atoms with Crippen LogP contribution in [0.5, 0.6) is 0 Å². The van der Waals surface area contributed by atoms with E-state index in [1.807, 2.05) is 55.4 Å². The molecular weight excluding hydrogens is 479 g/mol. The number of carbonyl (C=O) groups is 2. The Kier molecular flexibility index (Phi) is 7.06. The zero-order valence-corrected chi connectivity index (χ0v) is 21.8. The number of rotatable bonds is 8. The van der Waals surface area contributed by atoms with Crippen molar-refractivity contribution in [1.29, 1.82) is 0 Å². The second-order valence-electron chi connectivity index (χ2n) is 11.0. The van der Waals surface area contributed by atoms with Crippen LogP contribution in [0.25, 0.3) is 17.2 Å². The third-order valence-electron chi connectivity index (χ3n) is 8.26. The Bertz CT molecular complexity index is 1380. The number of carboxylic acid groups (broad SMARTS) is 1. The van der Waals surface area contributed by atoms with Gasteiger partial charge in [0.15, 0.2) is 0 Å². The van der Waals surface area contributed by atoms with Crippen LogP contribution in [-0.2, 0) is 16.0 Å². The topological polar surface area (TPSA) is 69.6 Å². The summed E-state index contributed by atoms with van der Waals surface area (Å²) in [6.07, 6.45) is 6.89. The van der Waals surface area contributed by atoms with Crippen LogP contribution >= 0.6 is 0 Å². The highest BCUT2D eigenvalue weighted by molar-refractivity contribution is 5.94. The van der Waals surface area contributed by atoms with Crippen molar-refractivity contribution in [3.05, 3.63) is 89.8 Å². The molecule has 0 unspecified atom stereocenters. The van der Waals surface area contributed by atoms with Crippen molar-refractivity contribution in [3.8, 4) is 11.1 Å². The van der Waals surface area contributed by atoms with Crippen LogP contribution in [0.1, 0.15) is 36.8 Å². The van der Waals surface area contributed by atoms with E-state index in [-0.39, 0.29) is 23.1 Å². The Morgan fingerprint density at radius 2 is 1.84 bits per heavy atom. The molecule has 3 aromatic rings. The normalized spacial score (nSPS) is 22.1. The maximum atomic E-state index is 15.4. The molecule has 38 heavy (non-hydrogen) atoms. The first-order valence-corrected chi connectivity index (χ1v) is 13.1. The highest BCUT2D eigenvalue weighted by atomic mass is 19.1. The summed E-state index contributed by atoms with van der Waals surface area (Å²) in [6, 6.07) is 20.7. The zero-order valence-electron chi connectivity index (χ0n) is 21.8. The maximum absolute atomic E-state index is 15.4. The van der Waals surface area contributed by atoms with Crippen molar-refractivity contribution in [1.82, 2.24) is 0 Å². The Hall–Kier alpha value is -3.93. The summed E-state index contributed by atoms with van der Waals surface area (Å²) in [5, 5.41) is 11.9. The monoisotopic (exact) mass is 512 g/mol. The van der Waals surface area contributed by atoms with E-state index in [1.165, 1.54) is 6.08 Å². The summed E-state index contributed by atoms with van der Waals surface area (Å²) in [4.78, 5) is 26.3. The van der Waals surface area contributed by atoms with Crippen LogP contribution in [-0.4, -0.2) is 31.1 Å². The molecule has 2 saturated carbocycles. The third-order valence-corrected chi connectivity index (χ3v) is 8.26. The number of nitrogens with one attached hydrogen (secondary N) is 1. The summed E-state index contributed by atoms with van der Waals surface area (Å²) in [7, 11) is 3.98. The smallest absolute Gasteiger partial charge is 0.328 e. The molecule has 2 aliphatic rings. The number of amides is 1. The Balaban J connectivity index is 1.32. The lowest BCUT2D eigenvalue weighted by atomic mass is 9.70. The fourth-order valence-corrected chi connectivity index (χ4v) is 6.36. The van der Waals surface area contributed by atoms with Gasteiger partial charge in [-0.25, -0.2) is 9.18 Å². The minimum Gasteiger partial charge on any atom is -0.478 e. The predicted octanol–water partition coefficient (Wildman–Crippen LogP) is 6.64. The average Bonchev–Trinajstić information content (AvgIpc) is 3.47. The molecule has 1 amide bonds. The molecule has 5 rings (SSSR count). The van der Waals surface area contributed by atoms with Crippen LogP contribution in [0.15, 0.2) is 72.8 Å². The molecule has 196 valence electrons. The van der Waals surface area contributed by atoms with Gasteiger partial charge in [-0.2, -0.15) is 0 Å². The Morgan fingerprint density at radius 1 is 1.08 bits per heavy atom. The van der Waals surface area contributed by atoms with Gasteiger partial charge in [-0.15, -0.1) is 0 Å². The standard InChI is InChI=1S/C32H33FN2O3/c1-35(2)27-11-9-23(10-12-27)24-7-8-25(29(33)18-24)20-32-15-14-22(19-32)17-28(32)31(38)34-26-5-3-4-21(16-26)6-13-30(36)37/h3-13,16,18,22,28H,14-15,17,19-20H2,1-2H3,(H,34,38)(H,36,37)/b13-6+/t22-,28+,32+/m1/s1. The van der Waals surface area contributed by atoms with Crippen LogP contribution < -0.4 is 10.2 Å². The highest BCUT2D eigenvalue weighted by Gasteiger charge is 2.54. The molecule has 3 aromatic carbocycles. The minimum absolute atomic E-state index is 0.0374. The summed E-state index contributed by atoms with van der Waals surface area (Å²) >= 11 is 0. The minimum atomic E-state index is -1.02. The average molecular weight is 513 g/mol. The number of nitrogens with zero attached hydrogens (tertiary/aromatic N) is 1. The molecule has 2 bridgehead atoms. The molecule has 2 aliphatic carbocycles. The molecule has 0 radical (unpaired) electrons. The van der Waals surface area contributed by atoms with Gasteiger partial charge in [-0.3, -0.25) is 4.79 Å². The van der Waals surface area contributed by atoms with Gasteiger partial charge in [0.05, 0.1) is 0 Å². The number of benzene rings is 3. The molecule has 3 atom stereocenters. The second kappa shape index (κ2) is 10.4. The first kappa shape index (κ1) is 25.7. The van der Waals surface area contributed by atoms with E-state index in [1.54, 1.807) is 30.3 Å². The van der Waals surface area contributed by atoms with E-state index in [0.29, 0.717) is 29.2 Å². The number of hydrogen-bond acceptors (Lipinski definition) is 3. The highest BCUT2D eigenvalue weighted by Crippen LogP contribution is 2.59. The molecule has 0 aromatic heterocycles. The molecule has 5 nitrogen and oxygen atoms in total. The third kappa shape index (κ3) is 5.35. The van der Waals surface area contributed by atoms with E-state index in [2.05, 4.69) is 5.32 Å². The molecule has 6 heteroatoms. The number of carboxylic acids is 1. The van der Waals surface area contributed by atoms with Gasteiger partial charge in [-0.1, -0.05) is 36.4 Å². The van der Waals surface area contributed by atoms with Crippen LogP contribution in [0, 0.1) is 23.1 Å². The van der Waals surface area contributed by atoms with Gasteiger partial charge in [0.1, 0.15) is 5.82 Å². The molecule has 2 fully saturated rings. The van der Waals surface area contributed by atoms with E-state index < -0.39 is 5.97 Å². The van der Waals surface area contributed by atoms with E-state index in [9.17, 15) is 9.59 Å². The lowest BCUT2D eigenvalue weighted by Crippen LogP contribution is -2.37. The Labute approximate surface area is 223 Å². The van der Waals surface area contributed by atoms with Crippen LogP contribution in [0.4, 0.5) is 15.8 Å². The number of aliphatic carboxylic acids is 1. The number of carbonyl (C=O) groups excluding carboxylic acids is 1. The van der Waals surface area contributed by atoms with Gasteiger partial charge in [0, 0.05) is 37.5 Å². The first-order valence-electron chi connectivity index (χ1n) is 13.1. The fraction of sp³-hybridized carbons (Fsp3) is 0.312. The van der Waals surface area contributed by atoms with Gasteiger partial charge in [-0.05, 0) is 102 Å². The maximum Gasteiger partial charge on any atom is 0.328 e. The summed E-state index contributed by atoms with van der Waals surface area (Å²) in [5.74, 6) is -0.971. The molecule has 0 aliphatic heterocycles. The SMILES string of the molecule is CN(C)c1ccc(-c2ccc(C[C@@]34CC[C@H](C[C@H]3C(=O)Nc3cccc(/C=C/C(=O)O)c3)C4)c(F)c2)cc1. The lowest BCUT2D eigenvalue weighted by Gasteiger charge is -2.34. The van der Waals surface area contributed by atoms with E-state index >= 15 is 4.39 Å². The summed E-state index contributed by atoms with van der Waals surface area (Å²) in [5.41, 5.74) is 4.66. The lowest BCUT2D eigenvalue weighted by molar-refractivity contribution is -0.131. The number of fused-ring (bicyclic) bond motifs is 2. The fourth-order valence-electron chi connectivity index (χ4n) is 6.36. The van der Waals surface area contributed by atoms with Gasteiger partial charge < -0.3 is 15.3 Å². The first-order chi connectivity index (χ1) is 18.2. The van der Waals surface area contributed by atoms with Crippen molar-refractivity contribution in [2.24, 2.45) is 17.3 Å². The van der Waals surface area contributed by atoms with Crippen molar-refractivity contribution in [2.45, 2.75) is 32.1 Å².